The number of para-hydroxylation sites is 1. The Bertz CT molecular complexity index is 1030. The molecule has 2 heterocycles. The molecular weight excluding hydrogens is 454 g/mol. The third kappa shape index (κ3) is 11.8. The van der Waals surface area contributed by atoms with Crippen LogP contribution in [0.3, 0.4) is 0 Å². The van der Waals surface area contributed by atoms with Gasteiger partial charge in [-0.2, -0.15) is 0 Å². The molecule has 178 valence electrons. The number of nitrogens with one attached hydrogen (secondary N) is 2. The lowest BCUT2D eigenvalue weighted by Gasteiger charge is -2.13. The Morgan fingerprint density at radius 1 is 1.15 bits per heavy atom. The van der Waals surface area contributed by atoms with Crippen LogP contribution in [-0.2, 0) is 0 Å². The van der Waals surface area contributed by atoms with E-state index in [1.165, 1.54) is 12.8 Å². The number of guanidine groups is 1. The highest BCUT2D eigenvalue weighted by Gasteiger charge is 2.08. The van der Waals surface area contributed by atoms with Crippen LogP contribution in [0.25, 0.3) is 10.9 Å². The van der Waals surface area contributed by atoms with Crippen LogP contribution in [0.15, 0.2) is 46.9 Å². The van der Waals surface area contributed by atoms with Crippen molar-refractivity contribution in [2.45, 2.75) is 33.1 Å². The van der Waals surface area contributed by atoms with Gasteiger partial charge in [-0.15, -0.1) is 31.6 Å². The Hall–Kier alpha value is -4.07. The Labute approximate surface area is 193 Å². The van der Waals surface area contributed by atoms with Crippen molar-refractivity contribution >= 4 is 39.0 Å². The molecular formula is C19H25N7O6S. The minimum absolute atomic E-state index is 0.724. The normalized spacial score (nSPS) is 10.3. The van der Waals surface area contributed by atoms with Crippen LogP contribution in [0.5, 0.6) is 0 Å². The van der Waals surface area contributed by atoms with E-state index in [0.29, 0.717) is 0 Å². The van der Waals surface area contributed by atoms with E-state index in [1.54, 1.807) is 17.5 Å². The summed E-state index contributed by atoms with van der Waals surface area (Å²) in [7, 11) is 0. The molecule has 0 aliphatic heterocycles. The molecule has 14 heteroatoms. The van der Waals surface area contributed by atoms with Gasteiger partial charge in [0.05, 0.1) is 11.2 Å². The van der Waals surface area contributed by atoms with Crippen LogP contribution >= 0.6 is 11.3 Å². The number of hydrogen-bond acceptors (Lipinski definition) is 8. The summed E-state index contributed by atoms with van der Waals surface area (Å²) in [5.41, 5.74) is 2.95. The number of nitrogens with zero attached hydrogens (tertiary/aromatic N) is 5. The lowest BCUT2D eigenvalue weighted by molar-refractivity contribution is -0.742. The lowest BCUT2D eigenvalue weighted by atomic mass is 10.1. The van der Waals surface area contributed by atoms with Gasteiger partial charge in [0.1, 0.15) is 0 Å². The second kappa shape index (κ2) is 14.9. The summed E-state index contributed by atoms with van der Waals surface area (Å²) in [6.45, 7) is 4.99. The summed E-state index contributed by atoms with van der Waals surface area (Å²) in [5, 5.41) is 37.9. The smallest absolute Gasteiger partial charge is 0.291 e. The molecule has 33 heavy (non-hydrogen) atoms. The van der Waals surface area contributed by atoms with Crippen molar-refractivity contribution in [1.82, 2.24) is 9.97 Å². The maximum atomic E-state index is 8.36. The van der Waals surface area contributed by atoms with Crippen LogP contribution in [0.1, 0.15) is 31.9 Å². The number of aryl methyl sites for hydroxylation is 1. The summed E-state index contributed by atoms with van der Waals surface area (Å²) in [5.74, 6) is 0.724. The number of rotatable bonds is 6. The molecule has 3 aromatic rings. The third-order valence-corrected chi connectivity index (χ3v) is 4.48. The van der Waals surface area contributed by atoms with Gasteiger partial charge in [0.25, 0.3) is 10.2 Å². The quantitative estimate of drug-likeness (QED) is 0.130. The molecule has 0 amide bonds. The first-order chi connectivity index (χ1) is 15.7. The second-order valence-corrected chi connectivity index (χ2v) is 7.22. The molecule has 13 nitrogen and oxygen atoms in total. The van der Waals surface area contributed by atoms with Crippen LogP contribution < -0.4 is 10.6 Å². The second-order valence-electron chi connectivity index (χ2n) is 6.33. The highest BCUT2D eigenvalue weighted by Crippen LogP contribution is 2.23. The monoisotopic (exact) mass is 479 g/mol. The van der Waals surface area contributed by atoms with Crippen molar-refractivity contribution in [3.63, 3.8) is 0 Å². The minimum atomic E-state index is -1.50. The molecule has 0 aliphatic carbocycles. The van der Waals surface area contributed by atoms with E-state index in [2.05, 4.69) is 33.6 Å². The molecule has 0 saturated carbocycles. The van der Waals surface area contributed by atoms with Crippen molar-refractivity contribution in [1.29, 1.82) is 0 Å². The molecule has 0 radical (unpaired) electrons. The van der Waals surface area contributed by atoms with Gasteiger partial charge in [-0.25, -0.2) is 4.98 Å². The first kappa shape index (κ1) is 27.0. The zero-order valence-corrected chi connectivity index (χ0v) is 18.9. The van der Waals surface area contributed by atoms with E-state index < -0.39 is 10.2 Å². The van der Waals surface area contributed by atoms with E-state index in [-0.39, 0.29) is 0 Å². The van der Waals surface area contributed by atoms with E-state index in [4.69, 9.17) is 35.6 Å². The van der Waals surface area contributed by atoms with Gasteiger partial charge in [0, 0.05) is 29.2 Å². The maximum absolute atomic E-state index is 8.36. The average Bonchev–Trinajstić information content (AvgIpc) is 3.23. The zero-order chi connectivity index (χ0) is 24.6. The SMILES string of the molecule is CCCCCN=C(Nc1nccs1)Nc1cc(C)nc2ccccc12.O=[N+]([O-])O.O=[N+]([O-])O. The van der Waals surface area contributed by atoms with Crippen LogP contribution in [0.2, 0.25) is 0 Å². The molecule has 0 unspecified atom stereocenters. The van der Waals surface area contributed by atoms with Crippen molar-refractivity contribution in [2.75, 3.05) is 17.2 Å². The van der Waals surface area contributed by atoms with Crippen molar-refractivity contribution in [3.8, 4) is 0 Å². The first-order valence-corrected chi connectivity index (χ1v) is 10.6. The highest BCUT2D eigenvalue weighted by molar-refractivity contribution is 7.13. The summed E-state index contributed by atoms with van der Waals surface area (Å²) < 4.78 is 0. The predicted molar refractivity (Wildman–Crippen MR) is 125 cm³/mol. The summed E-state index contributed by atoms with van der Waals surface area (Å²) >= 11 is 1.56. The maximum Gasteiger partial charge on any atom is 0.291 e. The van der Waals surface area contributed by atoms with E-state index in [0.717, 1.165) is 46.3 Å². The third-order valence-electron chi connectivity index (χ3n) is 3.79. The number of aromatic nitrogens is 2. The Morgan fingerprint density at radius 3 is 2.42 bits per heavy atom. The van der Waals surface area contributed by atoms with E-state index >= 15 is 0 Å². The Kier molecular flexibility index (Phi) is 12.1. The summed E-state index contributed by atoms with van der Waals surface area (Å²) in [6, 6.07) is 10.2. The zero-order valence-electron chi connectivity index (χ0n) is 18.0. The highest BCUT2D eigenvalue weighted by atomic mass is 32.1. The van der Waals surface area contributed by atoms with Crippen molar-refractivity contribution in [3.05, 3.63) is 67.8 Å². The molecule has 0 atom stereocenters. The Balaban J connectivity index is 0.000000591. The molecule has 2 aromatic heterocycles. The Morgan fingerprint density at radius 2 is 1.82 bits per heavy atom. The van der Waals surface area contributed by atoms with Crippen molar-refractivity contribution in [2.24, 2.45) is 4.99 Å². The molecule has 0 spiro atoms. The molecule has 1 aromatic carbocycles. The van der Waals surface area contributed by atoms with Gasteiger partial charge in [-0.05, 0) is 25.5 Å². The molecule has 0 fully saturated rings. The van der Waals surface area contributed by atoms with Gasteiger partial charge in [-0.1, -0.05) is 38.0 Å². The number of pyridine rings is 1. The van der Waals surface area contributed by atoms with Crippen LogP contribution in [0.4, 0.5) is 10.8 Å². The molecule has 4 N–H and O–H groups in total. The lowest BCUT2D eigenvalue weighted by Crippen LogP contribution is -2.23. The van der Waals surface area contributed by atoms with Gasteiger partial charge in [-0.3, -0.25) is 9.98 Å². The van der Waals surface area contributed by atoms with Gasteiger partial charge in [0.2, 0.25) is 5.96 Å². The minimum Gasteiger partial charge on any atom is -0.328 e. The fourth-order valence-electron chi connectivity index (χ4n) is 2.59. The van der Waals surface area contributed by atoms with Gasteiger partial charge in [0.15, 0.2) is 5.13 Å². The number of hydrogen-bond donors (Lipinski definition) is 4. The number of unbranched alkanes of at least 4 members (excludes halogenated alkanes) is 2. The van der Waals surface area contributed by atoms with Crippen molar-refractivity contribution < 1.29 is 20.6 Å². The molecule has 3 rings (SSSR count). The molecule has 0 saturated heterocycles. The number of aliphatic imine (C=N–C) groups is 1. The topological polar surface area (TPSA) is 189 Å². The summed E-state index contributed by atoms with van der Waals surface area (Å²) in [4.78, 5) is 30.3. The number of fused-ring (bicyclic) bond motifs is 1. The fourth-order valence-corrected chi connectivity index (χ4v) is 3.12. The molecule has 0 aliphatic rings. The predicted octanol–water partition coefficient (Wildman–Crippen LogP) is 4.37. The largest absolute Gasteiger partial charge is 0.328 e. The van der Waals surface area contributed by atoms with Crippen LogP contribution in [0, 0.1) is 27.2 Å². The average molecular weight is 480 g/mol. The van der Waals surface area contributed by atoms with Crippen LogP contribution in [-0.4, -0.2) is 43.1 Å². The number of anilines is 2. The van der Waals surface area contributed by atoms with Gasteiger partial charge >= 0.3 is 0 Å². The standard InChI is InChI=1S/C19H23N5S.2HNO3/c1-3-4-7-10-20-18(24-19-21-11-12-25-19)23-17-13-14(2)22-16-9-6-5-8-15(16)17;2*2-1(3)4/h5-6,8-9,11-13H,3-4,7,10H2,1-2H3,(H2,20,21,22,23,24);2*(H,2,3,4). The first-order valence-electron chi connectivity index (χ1n) is 9.73. The van der Waals surface area contributed by atoms with Gasteiger partial charge < -0.3 is 21.0 Å². The number of benzene rings is 1. The van der Waals surface area contributed by atoms with E-state index in [1.807, 2.05) is 36.6 Å². The fraction of sp³-hybridized carbons (Fsp3) is 0.316. The number of thiazole rings is 1. The molecule has 0 bridgehead atoms. The van der Waals surface area contributed by atoms with E-state index in [9.17, 15) is 0 Å². The summed E-state index contributed by atoms with van der Waals surface area (Å²) in [6.07, 6.45) is 5.24.